The van der Waals surface area contributed by atoms with Crippen LogP contribution in [-0.4, -0.2) is 58.6 Å². The van der Waals surface area contributed by atoms with Crippen LogP contribution in [0.4, 0.5) is 0 Å². The molecular formula is C16H21NO7S. The fraction of sp³-hybridized carbons (Fsp3) is 0.438. The maximum atomic E-state index is 12.5. The Morgan fingerprint density at radius 1 is 1.24 bits per heavy atom. The number of rotatable bonds is 7. The van der Waals surface area contributed by atoms with Crippen LogP contribution in [0.15, 0.2) is 41.3 Å². The fourth-order valence-electron chi connectivity index (χ4n) is 2.36. The smallest absolute Gasteiger partial charge is 0.308 e. The molecule has 0 amide bonds. The van der Waals surface area contributed by atoms with Crippen molar-refractivity contribution in [2.75, 3.05) is 20.8 Å². The standard InChI is InChI=1S/C16H21NO7S/c1-22-11-3-6-13(7-4-11)25(20,21)17-14-8-5-12(9-16(19)23-2)24-15(14)10-18/h3-8,12,14-15,17-18H,9-10H2,1-2H3/t12-,14+,15-/m1/s1. The number of sulfonamides is 1. The van der Waals surface area contributed by atoms with Gasteiger partial charge in [0.15, 0.2) is 0 Å². The van der Waals surface area contributed by atoms with Crippen LogP contribution in [-0.2, 0) is 24.3 Å². The van der Waals surface area contributed by atoms with Crippen LogP contribution in [0.1, 0.15) is 6.42 Å². The molecule has 0 aromatic heterocycles. The number of nitrogens with one attached hydrogen (secondary N) is 1. The normalized spacial score (nSPS) is 23.2. The lowest BCUT2D eigenvalue weighted by Crippen LogP contribution is -2.48. The number of esters is 1. The van der Waals surface area contributed by atoms with E-state index in [1.807, 2.05) is 0 Å². The Hall–Kier alpha value is -1.94. The minimum Gasteiger partial charge on any atom is -0.497 e. The van der Waals surface area contributed by atoms with Crippen LogP contribution in [0.5, 0.6) is 5.75 Å². The second-order valence-corrected chi connectivity index (χ2v) is 7.10. The average molecular weight is 371 g/mol. The molecule has 0 radical (unpaired) electrons. The summed E-state index contributed by atoms with van der Waals surface area (Å²) in [5.41, 5.74) is 0. The number of methoxy groups -OCH3 is 2. The van der Waals surface area contributed by atoms with Gasteiger partial charge in [0.05, 0.1) is 44.3 Å². The number of aliphatic hydroxyl groups excluding tert-OH is 1. The van der Waals surface area contributed by atoms with Crippen LogP contribution >= 0.6 is 0 Å². The molecule has 0 bridgehead atoms. The largest absolute Gasteiger partial charge is 0.497 e. The monoisotopic (exact) mass is 371 g/mol. The highest BCUT2D eigenvalue weighted by atomic mass is 32.2. The summed E-state index contributed by atoms with van der Waals surface area (Å²) in [5.74, 6) is 0.0855. The molecule has 1 aliphatic rings. The van der Waals surface area contributed by atoms with Gasteiger partial charge in [0, 0.05) is 0 Å². The van der Waals surface area contributed by atoms with E-state index >= 15 is 0 Å². The van der Waals surface area contributed by atoms with E-state index in [9.17, 15) is 18.3 Å². The van der Waals surface area contributed by atoms with E-state index in [1.54, 1.807) is 12.2 Å². The lowest BCUT2D eigenvalue weighted by Gasteiger charge is -2.31. The minimum absolute atomic E-state index is 0.0125. The molecular weight excluding hydrogens is 350 g/mol. The predicted molar refractivity (Wildman–Crippen MR) is 88.6 cm³/mol. The lowest BCUT2D eigenvalue weighted by molar-refractivity contribution is -0.144. The number of carbonyl (C=O) groups is 1. The van der Waals surface area contributed by atoms with Gasteiger partial charge in [-0.1, -0.05) is 12.2 Å². The molecule has 0 spiro atoms. The van der Waals surface area contributed by atoms with Crippen molar-refractivity contribution in [3.8, 4) is 5.75 Å². The molecule has 0 aliphatic carbocycles. The van der Waals surface area contributed by atoms with Crippen molar-refractivity contribution in [3.63, 3.8) is 0 Å². The van der Waals surface area contributed by atoms with Crippen molar-refractivity contribution in [1.29, 1.82) is 0 Å². The Kier molecular flexibility index (Phi) is 6.54. The molecule has 25 heavy (non-hydrogen) atoms. The maximum Gasteiger partial charge on any atom is 0.308 e. The van der Waals surface area contributed by atoms with E-state index in [-0.39, 0.29) is 11.3 Å². The van der Waals surface area contributed by atoms with E-state index in [2.05, 4.69) is 9.46 Å². The molecule has 0 saturated heterocycles. The predicted octanol–water partition coefficient (Wildman–Crippen LogP) is 0.221. The summed E-state index contributed by atoms with van der Waals surface area (Å²) in [6.07, 6.45) is 1.74. The van der Waals surface area contributed by atoms with Crippen molar-refractivity contribution in [1.82, 2.24) is 4.72 Å². The molecule has 1 aromatic rings. The molecule has 8 nitrogen and oxygen atoms in total. The van der Waals surface area contributed by atoms with Crippen molar-refractivity contribution in [2.24, 2.45) is 0 Å². The van der Waals surface area contributed by atoms with E-state index in [0.29, 0.717) is 5.75 Å². The van der Waals surface area contributed by atoms with Crippen LogP contribution in [0.25, 0.3) is 0 Å². The highest BCUT2D eigenvalue weighted by Crippen LogP contribution is 2.20. The molecule has 0 unspecified atom stereocenters. The average Bonchev–Trinajstić information content (AvgIpc) is 2.62. The van der Waals surface area contributed by atoms with Gasteiger partial charge in [-0.25, -0.2) is 13.1 Å². The third-order valence-corrected chi connectivity index (χ3v) is 5.19. The highest BCUT2D eigenvalue weighted by Gasteiger charge is 2.31. The summed E-state index contributed by atoms with van der Waals surface area (Å²) < 4.78 is 42.5. The SMILES string of the molecule is COC(=O)C[C@H]1C=C[C@H](NS(=O)(=O)c2ccc(OC)cc2)[C@@H](CO)O1. The van der Waals surface area contributed by atoms with Gasteiger partial charge in [0.1, 0.15) is 11.9 Å². The van der Waals surface area contributed by atoms with Crippen molar-refractivity contribution < 1.29 is 32.5 Å². The summed E-state index contributed by atoms with van der Waals surface area (Å²) in [5, 5.41) is 9.48. The number of ether oxygens (including phenoxy) is 3. The third kappa shape index (κ3) is 5.02. The number of benzene rings is 1. The number of hydrogen-bond donors (Lipinski definition) is 2. The van der Waals surface area contributed by atoms with Crippen molar-refractivity contribution in [2.45, 2.75) is 29.6 Å². The van der Waals surface area contributed by atoms with Crippen molar-refractivity contribution in [3.05, 3.63) is 36.4 Å². The molecule has 0 fully saturated rings. The Balaban J connectivity index is 2.11. The van der Waals surface area contributed by atoms with Gasteiger partial charge in [0.2, 0.25) is 10.0 Å². The first-order valence-electron chi connectivity index (χ1n) is 7.57. The minimum atomic E-state index is -3.81. The Bertz CT molecular complexity index is 715. The van der Waals surface area contributed by atoms with E-state index in [1.165, 1.54) is 38.5 Å². The molecule has 2 N–H and O–H groups in total. The molecule has 3 atom stereocenters. The molecule has 1 aromatic carbocycles. The number of aliphatic hydroxyl groups is 1. The maximum absolute atomic E-state index is 12.5. The summed E-state index contributed by atoms with van der Waals surface area (Å²) in [7, 11) is -1.06. The molecule has 1 aliphatic heterocycles. The van der Waals surface area contributed by atoms with Gasteiger partial charge >= 0.3 is 5.97 Å². The number of hydrogen-bond acceptors (Lipinski definition) is 7. The Morgan fingerprint density at radius 3 is 2.48 bits per heavy atom. The molecule has 138 valence electrons. The van der Waals surface area contributed by atoms with Crippen LogP contribution in [0, 0.1) is 0 Å². The zero-order valence-corrected chi connectivity index (χ0v) is 14.7. The highest BCUT2D eigenvalue weighted by molar-refractivity contribution is 7.89. The molecule has 1 heterocycles. The second kappa shape index (κ2) is 8.43. The quantitative estimate of drug-likeness (QED) is 0.521. The topological polar surface area (TPSA) is 111 Å². The summed E-state index contributed by atoms with van der Waals surface area (Å²) in [6.45, 7) is -0.405. The summed E-state index contributed by atoms with van der Waals surface area (Å²) in [4.78, 5) is 11.4. The fourth-order valence-corrected chi connectivity index (χ4v) is 3.58. The van der Waals surface area contributed by atoms with Gasteiger partial charge < -0.3 is 19.3 Å². The Labute approximate surface area is 146 Å². The lowest BCUT2D eigenvalue weighted by atomic mass is 10.1. The van der Waals surface area contributed by atoms with Crippen molar-refractivity contribution >= 4 is 16.0 Å². The van der Waals surface area contributed by atoms with Gasteiger partial charge in [-0.15, -0.1) is 0 Å². The second-order valence-electron chi connectivity index (χ2n) is 5.38. The summed E-state index contributed by atoms with van der Waals surface area (Å²) in [6, 6.07) is 5.16. The number of carbonyl (C=O) groups excluding carboxylic acids is 1. The zero-order chi connectivity index (χ0) is 18.4. The van der Waals surface area contributed by atoms with Gasteiger partial charge in [-0.3, -0.25) is 4.79 Å². The van der Waals surface area contributed by atoms with Gasteiger partial charge in [-0.2, -0.15) is 0 Å². The van der Waals surface area contributed by atoms with Crippen LogP contribution in [0.3, 0.4) is 0 Å². The zero-order valence-electron chi connectivity index (χ0n) is 13.9. The summed E-state index contributed by atoms with van der Waals surface area (Å²) >= 11 is 0. The molecule has 2 rings (SSSR count). The molecule has 9 heteroatoms. The first kappa shape index (κ1) is 19.4. The van der Waals surface area contributed by atoms with E-state index in [0.717, 1.165) is 0 Å². The van der Waals surface area contributed by atoms with Crippen LogP contribution < -0.4 is 9.46 Å². The third-order valence-electron chi connectivity index (χ3n) is 3.72. The van der Waals surface area contributed by atoms with Gasteiger partial charge in [-0.05, 0) is 24.3 Å². The first-order valence-corrected chi connectivity index (χ1v) is 9.05. The van der Waals surface area contributed by atoms with E-state index < -0.39 is 40.8 Å². The van der Waals surface area contributed by atoms with E-state index in [4.69, 9.17) is 9.47 Å². The first-order chi connectivity index (χ1) is 11.9. The Morgan fingerprint density at radius 2 is 1.92 bits per heavy atom. The van der Waals surface area contributed by atoms with Crippen LogP contribution in [0.2, 0.25) is 0 Å². The molecule has 0 saturated carbocycles. The van der Waals surface area contributed by atoms with Gasteiger partial charge in [0.25, 0.3) is 0 Å².